The number of anilines is 1. The van der Waals surface area contributed by atoms with Gasteiger partial charge < -0.3 is 9.26 Å². The number of aromatic nitrogens is 2. The van der Waals surface area contributed by atoms with E-state index in [1.807, 2.05) is 31.2 Å². The Morgan fingerprint density at radius 1 is 1.09 bits per heavy atom. The molecule has 32 heavy (non-hydrogen) atoms. The summed E-state index contributed by atoms with van der Waals surface area (Å²) in [5, 5.41) is 13.5. The maximum Gasteiger partial charge on any atom is 0.263 e. The van der Waals surface area contributed by atoms with Gasteiger partial charge in [0.05, 0.1) is 12.3 Å². The monoisotopic (exact) mass is 496 g/mol. The van der Waals surface area contributed by atoms with E-state index >= 15 is 0 Å². The first-order chi connectivity index (χ1) is 15.6. The summed E-state index contributed by atoms with van der Waals surface area (Å²) in [5.74, 6) is 0.503. The van der Waals surface area contributed by atoms with E-state index in [0.717, 1.165) is 14.9 Å². The number of benzene rings is 2. The zero-order chi connectivity index (χ0) is 22.2. The first kappa shape index (κ1) is 20.3. The second-order valence-corrected chi connectivity index (χ2v) is 7.98. The number of hydrogen-bond donors (Lipinski definition) is 0. The highest BCUT2D eigenvalue weighted by atomic mass is 79.9. The van der Waals surface area contributed by atoms with E-state index in [4.69, 9.17) is 9.26 Å². The Morgan fingerprint density at radius 2 is 1.88 bits per heavy atom. The average Bonchev–Trinajstić information content (AvgIpc) is 3.48. The summed E-state index contributed by atoms with van der Waals surface area (Å²) in [7, 11) is 0. The molecule has 0 saturated carbocycles. The van der Waals surface area contributed by atoms with E-state index in [1.54, 1.807) is 24.3 Å². The number of halogens is 1. The van der Waals surface area contributed by atoms with Crippen LogP contribution in [0.1, 0.15) is 12.8 Å². The van der Waals surface area contributed by atoms with Gasteiger partial charge in [-0.2, -0.15) is 10.1 Å². The quantitative estimate of drug-likeness (QED) is 0.480. The van der Waals surface area contributed by atoms with Gasteiger partial charge in [-0.3, -0.25) is 14.6 Å². The van der Waals surface area contributed by atoms with Crippen LogP contribution < -0.4 is 9.64 Å². The van der Waals surface area contributed by atoms with Crippen LogP contribution in [0, 0.1) is 0 Å². The van der Waals surface area contributed by atoms with Crippen molar-refractivity contribution in [2.45, 2.75) is 25.6 Å². The molecule has 162 valence electrons. The van der Waals surface area contributed by atoms with E-state index in [0.29, 0.717) is 23.9 Å². The smallest absolute Gasteiger partial charge is 0.263 e. The lowest BCUT2D eigenvalue weighted by Gasteiger charge is -2.19. The van der Waals surface area contributed by atoms with Gasteiger partial charge >= 0.3 is 0 Å². The Hall–Kier alpha value is -3.60. The number of fused-ring (bicyclic) bond motifs is 1. The summed E-state index contributed by atoms with van der Waals surface area (Å²) in [6.45, 7) is 2.46. The standard InChI is InChI=1S/C21H17BrN6O4/c1-2-31-13-9-7-12(8-10-13)28-20(29)17-18(21(28)30)27(26-24-17)11-16-23-19(25-32-16)14-5-3-4-6-15(14)22/h3-10,17-18H,2,11H2,1H3/t17-,18-/m1/s1. The van der Waals surface area contributed by atoms with E-state index in [9.17, 15) is 9.59 Å². The molecule has 0 unspecified atom stereocenters. The molecule has 3 aromatic rings. The maximum atomic E-state index is 13.1. The van der Waals surface area contributed by atoms with Crippen LogP contribution in [0.4, 0.5) is 5.69 Å². The summed E-state index contributed by atoms with van der Waals surface area (Å²) in [6, 6.07) is 12.5. The third kappa shape index (κ3) is 3.44. The lowest BCUT2D eigenvalue weighted by atomic mass is 10.1. The molecule has 2 aromatic carbocycles. The van der Waals surface area contributed by atoms with Crippen LogP contribution in [-0.2, 0) is 16.1 Å². The molecule has 3 heterocycles. The fourth-order valence-corrected chi connectivity index (χ4v) is 4.14. The van der Waals surface area contributed by atoms with Crippen molar-refractivity contribution >= 4 is 33.4 Å². The molecule has 2 atom stereocenters. The molecular formula is C21H17BrN6O4. The van der Waals surface area contributed by atoms with Crippen LogP contribution >= 0.6 is 15.9 Å². The first-order valence-corrected chi connectivity index (χ1v) is 10.7. The Kier molecular flexibility index (Phi) is 5.17. The highest BCUT2D eigenvalue weighted by molar-refractivity contribution is 9.10. The lowest BCUT2D eigenvalue weighted by Crippen LogP contribution is -2.39. The summed E-state index contributed by atoms with van der Waals surface area (Å²) >= 11 is 3.46. The van der Waals surface area contributed by atoms with Crippen LogP contribution in [-0.4, -0.2) is 45.7 Å². The number of amides is 2. The number of carbonyl (C=O) groups is 2. The SMILES string of the molecule is CCOc1ccc(N2C(=O)[C@@H]3N=NN(Cc4nc(-c5ccccc5Br)no4)[C@H]3C2=O)cc1. The molecule has 10 nitrogen and oxygen atoms in total. The Morgan fingerprint density at radius 3 is 2.62 bits per heavy atom. The van der Waals surface area contributed by atoms with Crippen molar-refractivity contribution in [2.24, 2.45) is 10.3 Å². The predicted molar refractivity (Wildman–Crippen MR) is 116 cm³/mol. The number of nitrogens with zero attached hydrogens (tertiary/aromatic N) is 6. The van der Waals surface area contributed by atoms with Gasteiger partial charge in [-0.1, -0.05) is 38.4 Å². The number of hydrogen-bond acceptors (Lipinski definition) is 9. The van der Waals surface area contributed by atoms with Gasteiger partial charge in [0.15, 0.2) is 12.1 Å². The molecule has 1 aromatic heterocycles. The largest absolute Gasteiger partial charge is 0.494 e. The van der Waals surface area contributed by atoms with Gasteiger partial charge in [0.1, 0.15) is 12.3 Å². The molecule has 1 fully saturated rings. The molecule has 11 heteroatoms. The normalized spacial score (nSPS) is 19.7. The fraction of sp³-hybridized carbons (Fsp3) is 0.238. The number of ether oxygens (including phenoxy) is 1. The molecule has 0 bridgehead atoms. The van der Waals surface area contributed by atoms with E-state index in [1.165, 1.54) is 5.01 Å². The third-order valence-electron chi connectivity index (χ3n) is 5.14. The van der Waals surface area contributed by atoms with Gasteiger partial charge in [-0.25, -0.2) is 4.90 Å². The van der Waals surface area contributed by atoms with Crippen LogP contribution in [0.2, 0.25) is 0 Å². The van der Waals surface area contributed by atoms with E-state index in [2.05, 4.69) is 36.4 Å². The van der Waals surface area contributed by atoms with Gasteiger partial charge in [0, 0.05) is 10.0 Å². The van der Waals surface area contributed by atoms with Crippen molar-refractivity contribution in [2.75, 3.05) is 11.5 Å². The minimum atomic E-state index is -0.903. The maximum absolute atomic E-state index is 13.1. The topological polar surface area (TPSA) is 113 Å². The van der Waals surface area contributed by atoms with Crippen molar-refractivity contribution in [1.82, 2.24) is 15.1 Å². The third-order valence-corrected chi connectivity index (χ3v) is 5.84. The van der Waals surface area contributed by atoms with Crippen LogP contribution in [0.3, 0.4) is 0 Å². The molecule has 2 aliphatic rings. The Balaban J connectivity index is 1.34. The fourth-order valence-electron chi connectivity index (χ4n) is 3.68. The zero-order valence-corrected chi connectivity index (χ0v) is 18.5. The first-order valence-electron chi connectivity index (χ1n) is 9.92. The Bertz CT molecular complexity index is 1210. The van der Waals surface area contributed by atoms with Crippen LogP contribution in [0.5, 0.6) is 5.75 Å². The van der Waals surface area contributed by atoms with Crippen LogP contribution in [0.15, 0.2) is 67.9 Å². The van der Waals surface area contributed by atoms with Gasteiger partial charge in [-0.05, 0) is 43.3 Å². The minimum absolute atomic E-state index is 0.0538. The number of rotatable bonds is 6. The second kappa shape index (κ2) is 8.15. The van der Waals surface area contributed by atoms with Crippen molar-refractivity contribution in [3.8, 4) is 17.1 Å². The molecular weight excluding hydrogens is 480 g/mol. The van der Waals surface area contributed by atoms with Gasteiger partial charge in [-0.15, -0.1) is 0 Å². The average molecular weight is 497 g/mol. The highest BCUT2D eigenvalue weighted by Crippen LogP contribution is 2.33. The highest BCUT2D eigenvalue weighted by Gasteiger charge is 2.55. The predicted octanol–water partition coefficient (Wildman–Crippen LogP) is 3.39. The van der Waals surface area contributed by atoms with E-state index < -0.39 is 23.9 Å². The van der Waals surface area contributed by atoms with Crippen molar-refractivity contribution < 1.29 is 18.8 Å². The molecule has 1 saturated heterocycles. The van der Waals surface area contributed by atoms with Gasteiger partial charge in [0.2, 0.25) is 11.7 Å². The second-order valence-electron chi connectivity index (χ2n) is 7.12. The van der Waals surface area contributed by atoms with Crippen molar-refractivity contribution in [3.63, 3.8) is 0 Å². The number of carbonyl (C=O) groups excluding carboxylic acids is 2. The molecule has 0 N–H and O–H groups in total. The molecule has 5 rings (SSSR count). The van der Waals surface area contributed by atoms with Gasteiger partial charge in [0.25, 0.3) is 11.8 Å². The zero-order valence-electron chi connectivity index (χ0n) is 16.9. The molecule has 2 amide bonds. The Labute approximate surface area is 191 Å². The van der Waals surface area contributed by atoms with Crippen LogP contribution in [0.25, 0.3) is 11.4 Å². The van der Waals surface area contributed by atoms with E-state index in [-0.39, 0.29) is 12.4 Å². The molecule has 0 radical (unpaired) electrons. The summed E-state index contributed by atoms with van der Waals surface area (Å²) < 4.78 is 11.6. The van der Waals surface area contributed by atoms with Crippen molar-refractivity contribution in [3.05, 3.63) is 58.9 Å². The molecule has 2 aliphatic heterocycles. The summed E-state index contributed by atoms with van der Waals surface area (Å²) in [5.41, 5.74) is 1.24. The molecule has 0 spiro atoms. The minimum Gasteiger partial charge on any atom is -0.494 e. The summed E-state index contributed by atoms with van der Waals surface area (Å²) in [6.07, 6.45) is 0. The van der Waals surface area contributed by atoms with Crippen molar-refractivity contribution in [1.29, 1.82) is 0 Å². The lowest BCUT2D eigenvalue weighted by molar-refractivity contribution is -0.123. The summed E-state index contributed by atoms with van der Waals surface area (Å²) in [4.78, 5) is 31.5. The number of imide groups is 1. The molecule has 0 aliphatic carbocycles.